The van der Waals surface area contributed by atoms with E-state index in [2.05, 4.69) is 32.7 Å². The summed E-state index contributed by atoms with van der Waals surface area (Å²) in [5.74, 6) is 2.28. The second-order valence-electron chi connectivity index (χ2n) is 6.12. The van der Waals surface area contributed by atoms with Crippen LogP contribution < -0.4 is 20.1 Å². The van der Waals surface area contributed by atoms with E-state index in [-0.39, 0.29) is 30.1 Å². The molecule has 0 bridgehead atoms. The quantitative estimate of drug-likeness (QED) is 0.342. The number of benzene rings is 1. The number of hydrogen-bond acceptors (Lipinski definition) is 4. The van der Waals surface area contributed by atoms with Crippen molar-refractivity contribution in [2.75, 3.05) is 20.7 Å². The van der Waals surface area contributed by atoms with Crippen molar-refractivity contribution in [3.63, 3.8) is 0 Å². The number of pyridine rings is 1. The minimum absolute atomic E-state index is 0. The molecule has 27 heavy (non-hydrogen) atoms. The molecule has 0 aliphatic carbocycles. The Labute approximate surface area is 178 Å². The summed E-state index contributed by atoms with van der Waals surface area (Å²) in [7, 11) is 3.44. The summed E-state index contributed by atoms with van der Waals surface area (Å²) in [6, 6.07) is 12.0. The highest BCUT2D eigenvalue weighted by Crippen LogP contribution is 2.11. The van der Waals surface area contributed by atoms with Crippen molar-refractivity contribution in [3.05, 3.63) is 53.7 Å². The van der Waals surface area contributed by atoms with E-state index in [1.54, 1.807) is 14.2 Å². The van der Waals surface area contributed by atoms with Gasteiger partial charge in [-0.2, -0.15) is 0 Å². The second-order valence-corrected chi connectivity index (χ2v) is 6.12. The zero-order chi connectivity index (χ0) is 18.8. The first-order chi connectivity index (χ1) is 12.6. The molecule has 148 valence electrons. The van der Waals surface area contributed by atoms with E-state index >= 15 is 0 Å². The fourth-order valence-corrected chi connectivity index (χ4v) is 2.35. The van der Waals surface area contributed by atoms with Gasteiger partial charge in [0.05, 0.1) is 13.2 Å². The Bertz CT molecular complexity index is 688. The van der Waals surface area contributed by atoms with Crippen LogP contribution in [0.2, 0.25) is 0 Å². The van der Waals surface area contributed by atoms with Gasteiger partial charge in [-0.1, -0.05) is 18.2 Å². The average Bonchev–Trinajstić information content (AvgIpc) is 2.65. The maximum Gasteiger partial charge on any atom is 0.213 e. The first-order valence-corrected chi connectivity index (χ1v) is 8.79. The number of ether oxygens (including phenoxy) is 2. The highest BCUT2D eigenvalue weighted by atomic mass is 127. The third-order valence-electron chi connectivity index (χ3n) is 3.70. The fourth-order valence-electron chi connectivity index (χ4n) is 2.35. The zero-order valence-corrected chi connectivity index (χ0v) is 18.7. The van der Waals surface area contributed by atoms with Crippen LogP contribution in [0.1, 0.15) is 25.0 Å². The molecule has 1 heterocycles. The monoisotopic (exact) mass is 484 g/mol. The van der Waals surface area contributed by atoms with Gasteiger partial charge in [-0.25, -0.2) is 4.98 Å². The molecule has 1 aromatic heterocycles. The molecule has 0 radical (unpaired) electrons. The number of hydrogen-bond donors (Lipinski definition) is 2. The van der Waals surface area contributed by atoms with Crippen molar-refractivity contribution in [2.45, 2.75) is 32.9 Å². The summed E-state index contributed by atoms with van der Waals surface area (Å²) >= 11 is 0. The Balaban J connectivity index is 0.00000364. The Kier molecular flexibility index (Phi) is 10.5. The van der Waals surface area contributed by atoms with Crippen molar-refractivity contribution in [3.8, 4) is 11.6 Å². The summed E-state index contributed by atoms with van der Waals surface area (Å²) in [5, 5.41) is 6.61. The van der Waals surface area contributed by atoms with Gasteiger partial charge in [-0.05, 0) is 43.5 Å². The van der Waals surface area contributed by atoms with Gasteiger partial charge in [0, 0.05) is 32.4 Å². The van der Waals surface area contributed by atoms with E-state index in [1.165, 1.54) is 5.56 Å². The zero-order valence-electron chi connectivity index (χ0n) is 16.4. The molecule has 2 rings (SSSR count). The molecule has 2 N–H and O–H groups in total. The molecule has 0 amide bonds. The molecular weight excluding hydrogens is 455 g/mol. The Morgan fingerprint density at radius 2 is 1.78 bits per heavy atom. The number of aromatic nitrogens is 1. The molecule has 7 heteroatoms. The highest BCUT2D eigenvalue weighted by Gasteiger charge is 2.02. The number of rotatable bonds is 8. The lowest BCUT2D eigenvalue weighted by atomic mass is 10.1. The molecular formula is C20H29IN4O2. The second kappa shape index (κ2) is 12.4. The molecule has 0 aliphatic heterocycles. The van der Waals surface area contributed by atoms with E-state index in [0.29, 0.717) is 12.4 Å². The van der Waals surface area contributed by atoms with E-state index in [9.17, 15) is 0 Å². The third-order valence-corrected chi connectivity index (χ3v) is 3.70. The van der Waals surface area contributed by atoms with Gasteiger partial charge in [0.2, 0.25) is 5.88 Å². The third kappa shape index (κ3) is 8.47. The van der Waals surface area contributed by atoms with E-state index < -0.39 is 0 Å². The lowest BCUT2D eigenvalue weighted by molar-refractivity contribution is 0.232. The summed E-state index contributed by atoms with van der Waals surface area (Å²) in [6.45, 7) is 5.42. The Morgan fingerprint density at radius 3 is 2.33 bits per heavy atom. The highest BCUT2D eigenvalue weighted by molar-refractivity contribution is 14.0. The molecule has 0 spiro atoms. The number of methoxy groups -OCH3 is 1. The summed E-state index contributed by atoms with van der Waals surface area (Å²) in [6.07, 6.45) is 2.85. The van der Waals surface area contributed by atoms with Crippen molar-refractivity contribution in [1.82, 2.24) is 15.6 Å². The first kappa shape index (κ1) is 23.0. The van der Waals surface area contributed by atoms with Crippen LogP contribution in [0.3, 0.4) is 0 Å². The fraction of sp³-hybridized carbons (Fsp3) is 0.400. The van der Waals surface area contributed by atoms with Crippen molar-refractivity contribution in [1.29, 1.82) is 0 Å². The van der Waals surface area contributed by atoms with Crippen LogP contribution in [-0.2, 0) is 13.0 Å². The molecule has 1 aromatic carbocycles. The van der Waals surface area contributed by atoms with Gasteiger partial charge in [0.1, 0.15) is 5.75 Å². The van der Waals surface area contributed by atoms with Crippen LogP contribution in [0.4, 0.5) is 0 Å². The van der Waals surface area contributed by atoms with Crippen LogP contribution in [0.15, 0.2) is 47.6 Å². The molecule has 0 fully saturated rings. The molecule has 0 saturated heterocycles. The van der Waals surface area contributed by atoms with Crippen LogP contribution in [-0.4, -0.2) is 37.7 Å². The minimum atomic E-state index is 0. The average molecular weight is 484 g/mol. The van der Waals surface area contributed by atoms with Gasteiger partial charge in [-0.15, -0.1) is 24.0 Å². The largest absolute Gasteiger partial charge is 0.497 e. The molecule has 0 aliphatic rings. The molecule has 6 nitrogen and oxygen atoms in total. The molecule has 0 unspecified atom stereocenters. The Morgan fingerprint density at radius 1 is 1.07 bits per heavy atom. The predicted molar refractivity (Wildman–Crippen MR) is 120 cm³/mol. The van der Waals surface area contributed by atoms with Gasteiger partial charge >= 0.3 is 0 Å². The number of guanidine groups is 1. The SMILES string of the molecule is CN=C(NCCc1ccc(OC)cc1)NCc1ccc(OC(C)C)nc1.I. The lowest BCUT2D eigenvalue weighted by Crippen LogP contribution is -2.37. The Hall–Kier alpha value is -2.03. The molecule has 2 aromatic rings. The maximum atomic E-state index is 5.55. The molecule has 0 atom stereocenters. The van der Waals surface area contributed by atoms with E-state index in [0.717, 1.165) is 30.2 Å². The number of aliphatic imine (C=N–C) groups is 1. The summed E-state index contributed by atoms with van der Waals surface area (Å²) < 4.78 is 10.7. The van der Waals surface area contributed by atoms with Crippen molar-refractivity contribution in [2.24, 2.45) is 4.99 Å². The first-order valence-electron chi connectivity index (χ1n) is 8.79. The number of nitrogens with zero attached hydrogens (tertiary/aromatic N) is 2. The minimum Gasteiger partial charge on any atom is -0.497 e. The van der Waals surface area contributed by atoms with Crippen molar-refractivity contribution >= 4 is 29.9 Å². The predicted octanol–water partition coefficient (Wildman–Crippen LogP) is 3.40. The van der Waals surface area contributed by atoms with Gasteiger partial charge in [0.25, 0.3) is 0 Å². The van der Waals surface area contributed by atoms with Crippen LogP contribution in [0.25, 0.3) is 0 Å². The normalized spacial score (nSPS) is 10.9. The van der Waals surface area contributed by atoms with Crippen LogP contribution in [0, 0.1) is 0 Å². The summed E-state index contributed by atoms with van der Waals surface area (Å²) in [5.41, 5.74) is 2.32. The molecule has 0 saturated carbocycles. The van der Waals surface area contributed by atoms with Gasteiger partial charge in [-0.3, -0.25) is 4.99 Å². The van der Waals surface area contributed by atoms with E-state index in [4.69, 9.17) is 9.47 Å². The lowest BCUT2D eigenvalue weighted by Gasteiger charge is -2.13. The van der Waals surface area contributed by atoms with Crippen LogP contribution >= 0.6 is 24.0 Å². The van der Waals surface area contributed by atoms with E-state index in [1.807, 2.05) is 44.3 Å². The van der Waals surface area contributed by atoms with Gasteiger partial charge in [0.15, 0.2) is 5.96 Å². The van der Waals surface area contributed by atoms with Crippen molar-refractivity contribution < 1.29 is 9.47 Å². The topological polar surface area (TPSA) is 67.8 Å². The van der Waals surface area contributed by atoms with Gasteiger partial charge < -0.3 is 20.1 Å². The summed E-state index contributed by atoms with van der Waals surface area (Å²) in [4.78, 5) is 8.55. The maximum absolute atomic E-state index is 5.55. The number of nitrogens with one attached hydrogen (secondary N) is 2. The number of halogens is 1. The smallest absolute Gasteiger partial charge is 0.213 e. The van der Waals surface area contributed by atoms with Crippen LogP contribution in [0.5, 0.6) is 11.6 Å². The standard InChI is InChI=1S/C20H28N4O2.HI/c1-15(2)26-19-10-7-17(13-23-19)14-24-20(21-3)22-12-11-16-5-8-18(25-4)9-6-16;/h5-10,13,15H,11-12,14H2,1-4H3,(H2,21,22,24);1H.